The third-order valence-corrected chi connectivity index (χ3v) is 6.09. The summed E-state index contributed by atoms with van der Waals surface area (Å²) >= 11 is 1.34. The van der Waals surface area contributed by atoms with Crippen molar-refractivity contribution in [1.29, 1.82) is 0 Å². The first-order chi connectivity index (χ1) is 15.3. The Kier molecular flexibility index (Phi) is 6.09. The van der Waals surface area contributed by atoms with Crippen molar-refractivity contribution in [3.8, 4) is 17.0 Å². The van der Waals surface area contributed by atoms with Crippen LogP contribution in [0.25, 0.3) is 11.3 Å². The van der Waals surface area contributed by atoms with Crippen LogP contribution in [0.5, 0.6) is 5.75 Å². The first-order valence-electron chi connectivity index (χ1n) is 10.3. The van der Waals surface area contributed by atoms with Gasteiger partial charge < -0.3 is 19.9 Å². The van der Waals surface area contributed by atoms with E-state index in [2.05, 4.69) is 15.6 Å². The molecular weight excluding hydrogens is 428 g/mol. The molecule has 3 heterocycles. The van der Waals surface area contributed by atoms with E-state index in [0.29, 0.717) is 18.2 Å². The zero-order valence-electron chi connectivity index (χ0n) is 18.1. The number of hydrogen-bond donors (Lipinski definition) is 2. The Morgan fingerprint density at radius 1 is 1.22 bits per heavy atom. The number of nitrogens with zero attached hydrogens (tertiary/aromatic N) is 2. The second-order valence-corrected chi connectivity index (χ2v) is 8.65. The standard InChI is InChI=1S/C23H24N4O4S/c1-13-8-17(29)9-14(2)27(13)11-22(30)26-23-25-20(12-32-23)16-4-5-21-18(10-16)19(6-7-31-21)24-15(3)28/h4-5,8-10,12,19H,6-7,11H2,1-3H3,(H,24,28)(H,25,26,30). The Bertz CT molecular complexity index is 1220. The van der Waals surface area contributed by atoms with E-state index in [1.165, 1.54) is 30.4 Å². The highest BCUT2D eigenvalue weighted by Gasteiger charge is 2.23. The average Bonchev–Trinajstić information content (AvgIpc) is 3.18. The molecule has 0 bridgehead atoms. The third kappa shape index (κ3) is 4.72. The molecule has 3 aromatic rings. The molecule has 166 valence electrons. The van der Waals surface area contributed by atoms with Gasteiger partial charge in [-0.15, -0.1) is 11.3 Å². The van der Waals surface area contributed by atoms with Gasteiger partial charge in [-0.1, -0.05) is 0 Å². The van der Waals surface area contributed by atoms with Gasteiger partial charge in [-0.05, 0) is 32.0 Å². The Labute approximate surface area is 189 Å². The predicted molar refractivity (Wildman–Crippen MR) is 123 cm³/mol. The summed E-state index contributed by atoms with van der Waals surface area (Å²) < 4.78 is 7.51. The first kappa shape index (κ1) is 21.8. The Balaban J connectivity index is 1.50. The van der Waals surface area contributed by atoms with Gasteiger partial charge >= 0.3 is 0 Å². The molecule has 1 aliphatic rings. The molecule has 32 heavy (non-hydrogen) atoms. The lowest BCUT2D eigenvalue weighted by Crippen LogP contribution is -2.30. The fourth-order valence-electron chi connectivity index (χ4n) is 3.85. The number of rotatable bonds is 5. The van der Waals surface area contributed by atoms with Crippen LogP contribution in [-0.4, -0.2) is 28.0 Å². The number of pyridine rings is 1. The molecule has 0 saturated heterocycles. The molecule has 1 aliphatic heterocycles. The Morgan fingerprint density at radius 3 is 2.69 bits per heavy atom. The maximum absolute atomic E-state index is 12.6. The minimum absolute atomic E-state index is 0.0718. The summed E-state index contributed by atoms with van der Waals surface area (Å²) in [5.41, 5.74) is 3.93. The Morgan fingerprint density at radius 2 is 1.97 bits per heavy atom. The number of fused-ring (bicyclic) bond motifs is 1. The summed E-state index contributed by atoms with van der Waals surface area (Å²) in [5, 5.41) is 8.18. The van der Waals surface area contributed by atoms with Crippen LogP contribution < -0.4 is 20.8 Å². The number of aromatic nitrogens is 2. The average molecular weight is 453 g/mol. The van der Waals surface area contributed by atoms with E-state index in [1.54, 1.807) is 18.4 Å². The quantitative estimate of drug-likeness (QED) is 0.619. The van der Waals surface area contributed by atoms with Crippen LogP contribution in [0.4, 0.5) is 5.13 Å². The molecule has 1 aromatic carbocycles. The minimum Gasteiger partial charge on any atom is -0.493 e. The monoisotopic (exact) mass is 452 g/mol. The third-order valence-electron chi connectivity index (χ3n) is 5.33. The maximum atomic E-state index is 12.6. The molecule has 2 aromatic heterocycles. The van der Waals surface area contributed by atoms with Gasteiger partial charge in [0.05, 0.1) is 18.3 Å². The molecule has 0 saturated carbocycles. The molecular formula is C23H24N4O4S. The number of benzene rings is 1. The van der Waals surface area contributed by atoms with E-state index < -0.39 is 0 Å². The van der Waals surface area contributed by atoms with Crippen molar-refractivity contribution in [1.82, 2.24) is 14.9 Å². The number of anilines is 1. The zero-order chi connectivity index (χ0) is 22.8. The fraction of sp³-hybridized carbons (Fsp3) is 0.304. The maximum Gasteiger partial charge on any atom is 0.246 e. The van der Waals surface area contributed by atoms with Crippen molar-refractivity contribution in [3.05, 3.63) is 62.9 Å². The van der Waals surface area contributed by atoms with E-state index in [4.69, 9.17) is 4.74 Å². The summed E-state index contributed by atoms with van der Waals surface area (Å²) in [4.78, 5) is 40.3. The molecule has 2 N–H and O–H groups in total. The molecule has 0 spiro atoms. The number of hydrogen-bond acceptors (Lipinski definition) is 6. The topological polar surface area (TPSA) is 102 Å². The van der Waals surface area contributed by atoms with Gasteiger partial charge in [-0.2, -0.15) is 0 Å². The summed E-state index contributed by atoms with van der Waals surface area (Å²) in [6.45, 7) is 5.76. The van der Waals surface area contributed by atoms with Gasteiger partial charge in [-0.25, -0.2) is 4.98 Å². The molecule has 1 atom stereocenters. The molecule has 1 unspecified atom stereocenters. The van der Waals surface area contributed by atoms with Crippen molar-refractivity contribution < 1.29 is 14.3 Å². The van der Waals surface area contributed by atoms with Gasteiger partial charge in [0.1, 0.15) is 12.3 Å². The Hall–Kier alpha value is -3.46. The number of aryl methyl sites for hydroxylation is 2. The highest BCUT2D eigenvalue weighted by Crippen LogP contribution is 2.36. The lowest BCUT2D eigenvalue weighted by molar-refractivity contribution is -0.120. The van der Waals surface area contributed by atoms with E-state index >= 15 is 0 Å². The number of ether oxygens (including phenoxy) is 1. The van der Waals surface area contributed by atoms with Crippen LogP contribution >= 0.6 is 11.3 Å². The van der Waals surface area contributed by atoms with Crippen molar-refractivity contribution >= 4 is 28.3 Å². The summed E-state index contributed by atoms with van der Waals surface area (Å²) in [7, 11) is 0. The summed E-state index contributed by atoms with van der Waals surface area (Å²) in [6.07, 6.45) is 0.707. The van der Waals surface area contributed by atoms with Crippen molar-refractivity contribution in [2.75, 3.05) is 11.9 Å². The van der Waals surface area contributed by atoms with Gasteiger partial charge in [0, 0.05) is 53.4 Å². The highest BCUT2D eigenvalue weighted by atomic mass is 32.1. The van der Waals surface area contributed by atoms with Crippen LogP contribution in [0, 0.1) is 13.8 Å². The van der Waals surface area contributed by atoms with E-state index in [-0.39, 0.29) is 29.8 Å². The highest BCUT2D eigenvalue weighted by molar-refractivity contribution is 7.14. The second-order valence-electron chi connectivity index (χ2n) is 7.79. The summed E-state index contributed by atoms with van der Waals surface area (Å²) in [6, 6.07) is 8.70. The largest absolute Gasteiger partial charge is 0.493 e. The minimum atomic E-state index is -0.217. The normalized spacial score (nSPS) is 14.9. The molecule has 2 amide bonds. The lowest BCUT2D eigenvalue weighted by Gasteiger charge is -2.26. The van der Waals surface area contributed by atoms with Gasteiger partial charge in [0.25, 0.3) is 0 Å². The number of carbonyl (C=O) groups is 2. The summed E-state index contributed by atoms with van der Waals surface area (Å²) in [5.74, 6) is 0.458. The number of carbonyl (C=O) groups excluding carboxylic acids is 2. The van der Waals surface area contributed by atoms with E-state index in [9.17, 15) is 14.4 Å². The van der Waals surface area contributed by atoms with Crippen molar-refractivity contribution in [2.24, 2.45) is 0 Å². The van der Waals surface area contributed by atoms with Gasteiger partial charge in [-0.3, -0.25) is 14.4 Å². The molecule has 0 radical (unpaired) electrons. The fourth-order valence-corrected chi connectivity index (χ4v) is 4.59. The van der Waals surface area contributed by atoms with E-state index in [0.717, 1.165) is 34.0 Å². The molecule has 4 rings (SSSR count). The van der Waals surface area contributed by atoms with Crippen molar-refractivity contribution in [2.45, 2.75) is 39.8 Å². The lowest BCUT2D eigenvalue weighted by atomic mass is 9.97. The van der Waals surface area contributed by atoms with Gasteiger partial charge in [0.15, 0.2) is 10.6 Å². The zero-order valence-corrected chi connectivity index (χ0v) is 18.9. The van der Waals surface area contributed by atoms with E-state index in [1.807, 2.05) is 23.6 Å². The smallest absolute Gasteiger partial charge is 0.246 e. The van der Waals surface area contributed by atoms with Crippen LogP contribution in [0.15, 0.2) is 40.5 Å². The second kappa shape index (κ2) is 8.96. The molecule has 0 aliphatic carbocycles. The molecule has 0 fully saturated rings. The van der Waals surface area contributed by atoms with Crippen LogP contribution in [0.2, 0.25) is 0 Å². The number of nitrogens with one attached hydrogen (secondary N) is 2. The van der Waals surface area contributed by atoms with Crippen molar-refractivity contribution in [3.63, 3.8) is 0 Å². The predicted octanol–water partition coefficient (Wildman–Crippen LogP) is 3.19. The van der Waals surface area contributed by atoms with Gasteiger partial charge in [0.2, 0.25) is 11.8 Å². The number of thiazole rings is 1. The molecule has 9 heteroatoms. The molecule has 8 nitrogen and oxygen atoms in total. The first-order valence-corrected chi connectivity index (χ1v) is 11.2. The SMILES string of the molecule is CC(=O)NC1CCOc2ccc(-c3csc(NC(=O)Cn4c(C)cc(=O)cc4C)n3)cc21. The van der Waals surface area contributed by atoms with Crippen LogP contribution in [0.3, 0.4) is 0 Å². The van der Waals surface area contributed by atoms with Crippen LogP contribution in [0.1, 0.15) is 36.3 Å². The van der Waals surface area contributed by atoms with Crippen LogP contribution in [-0.2, 0) is 16.1 Å². The number of amides is 2.